The molecule has 0 aliphatic heterocycles. The predicted molar refractivity (Wildman–Crippen MR) is 123 cm³/mol. The van der Waals surface area contributed by atoms with Crippen LogP contribution in [-0.4, -0.2) is 36.5 Å². The number of rotatable bonds is 5. The average molecular weight is 470 g/mol. The first-order valence-corrected chi connectivity index (χ1v) is 11.1. The lowest BCUT2D eigenvalue weighted by Gasteiger charge is -2.07. The maximum atomic E-state index is 12.9. The first kappa shape index (κ1) is 21.6. The van der Waals surface area contributed by atoms with E-state index in [2.05, 4.69) is 25.4 Å². The monoisotopic (exact) mass is 469 g/mol. The van der Waals surface area contributed by atoms with Crippen LogP contribution in [0.15, 0.2) is 22.4 Å². The van der Waals surface area contributed by atoms with E-state index in [1.54, 1.807) is 31.6 Å². The Balaban J connectivity index is 1.60. The minimum absolute atomic E-state index is 0.264. The topological polar surface area (TPSA) is 149 Å². The van der Waals surface area contributed by atoms with Crippen molar-refractivity contribution in [3.8, 4) is 21.8 Å². The number of hydrogen-bond acceptors (Lipinski definition) is 8. The third kappa shape index (κ3) is 3.85. The third-order valence-corrected chi connectivity index (χ3v) is 6.84. The lowest BCUT2D eigenvalue weighted by Crippen LogP contribution is -2.23. The second-order valence-corrected chi connectivity index (χ2v) is 8.96. The van der Waals surface area contributed by atoms with Crippen molar-refractivity contribution in [2.75, 3.05) is 5.32 Å². The molecule has 12 heteroatoms. The van der Waals surface area contributed by atoms with Crippen LogP contribution in [-0.2, 0) is 7.05 Å². The van der Waals surface area contributed by atoms with Gasteiger partial charge in [0.15, 0.2) is 5.13 Å². The van der Waals surface area contributed by atoms with E-state index < -0.39 is 5.91 Å². The van der Waals surface area contributed by atoms with Gasteiger partial charge in [0.25, 0.3) is 17.4 Å². The van der Waals surface area contributed by atoms with Gasteiger partial charge in [-0.3, -0.25) is 19.7 Å². The molecule has 4 heterocycles. The molecule has 0 aliphatic carbocycles. The summed E-state index contributed by atoms with van der Waals surface area (Å²) in [5, 5.41) is 9.60. The van der Waals surface area contributed by atoms with E-state index in [1.807, 2.05) is 13.8 Å². The largest absolute Gasteiger partial charge is 0.364 e. The molecule has 164 valence electrons. The van der Waals surface area contributed by atoms with Crippen LogP contribution in [0.2, 0.25) is 0 Å². The summed E-state index contributed by atoms with van der Waals surface area (Å²) in [6, 6.07) is 1.60. The van der Waals surface area contributed by atoms with Crippen molar-refractivity contribution in [2.24, 2.45) is 12.8 Å². The van der Waals surface area contributed by atoms with Crippen LogP contribution in [0.5, 0.6) is 0 Å². The minimum atomic E-state index is -0.564. The summed E-state index contributed by atoms with van der Waals surface area (Å²) in [5.74, 6) is -0.926. The molecule has 0 aliphatic rings. The van der Waals surface area contributed by atoms with Crippen LogP contribution in [0.3, 0.4) is 0 Å². The Morgan fingerprint density at radius 2 is 1.94 bits per heavy atom. The van der Waals surface area contributed by atoms with Crippen LogP contribution >= 0.6 is 22.7 Å². The SMILES string of the molecule is Cc1nc(-c2c(C)c(C)nn(C)c2=O)sc1C(=O)Nc1nc(-c2c[nH]c(C(N)=O)c2)cs1. The Morgan fingerprint density at radius 3 is 2.62 bits per heavy atom. The molecule has 4 N–H and O–H groups in total. The highest BCUT2D eigenvalue weighted by Gasteiger charge is 2.22. The van der Waals surface area contributed by atoms with Crippen molar-refractivity contribution in [3.63, 3.8) is 0 Å². The van der Waals surface area contributed by atoms with Crippen LogP contribution in [0.25, 0.3) is 21.8 Å². The molecule has 0 bridgehead atoms. The number of aryl methyl sites for hydroxylation is 3. The standard InChI is InChI=1S/C20H19N7O3S2/c1-8-9(2)26-27(4)19(30)14(8)18-23-10(3)15(32-18)17(29)25-20-24-13(7-31-20)11-5-12(16(21)28)22-6-11/h5-7,22H,1-4H3,(H2,21,28)(H,24,25,29). The Kier molecular flexibility index (Phi) is 5.48. The van der Waals surface area contributed by atoms with E-state index in [-0.39, 0.29) is 17.2 Å². The molecule has 32 heavy (non-hydrogen) atoms. The van der Waals surface area contributed by atoms with Gasteiger partial charge in [-0.15, -0.1) is 22.7 Å². The first-order chi connectivity index (χ1) is 15.2. The fourth-order valence-corrected chi connectivity index (χ4v) is 4.89. The highest BCUT2D eigenvalue weighted by Crippen LogP contribution is 2.30. The molecule has 4 rings (SSSR count). The summed E-state index contributed by atoms with van der Waals surface area (Å²) in [7, 11) is 1.59. The van der Waals surface area contributed by atoms with Crippen LogP contribution in [0.1, 0.15) is 37.1 Å². The minimum Gasteiger partial charge on any atom is -0.364 e. The summed E-state index contributed by atoms with van der Waals surface area (Å²) in [6.45, 7) is 5.36. The first-order valence-electron chi connectivity index (χ1n) is 9.43. The van der Waals surface area contributed by atoms with Gasteiger partial charge >= 0.3 is 0 Å². The summed E-state index contributed by atoms with van der Waals surface area (Å²) in [5.41, 5.74) is 8.98. The van der Waals surface area contributed by atoms with Gasteiger partial charge in [-0.05, 0) is 32.4 Å². The van der Waals surface area contributed by atoms with Crippen LogP contribution < -0.4 is 16.6 Å². The maximum absolute atomic E-state index is 12.9. The van der Waals surface area contributed by atoms with Crippen LogP contribution in [0.4, 0.5) is 5.13 Å². The highest BCUT2D eigenvalue weighted by atomic mass is 32.1. The number of nitrogens with one attached hydrogen (secondary N) is 2. The Bertz CT molecular complexity index is 1430. The van der Waals surface area contributed by atoms with E-state index in [9.17, 15) is 14.4 Å². The number of anilines is 1. The molecule has 0 fully saturated rings. The fourth-order valence-electron chi connectivity index (χ4n) is 3.12. The predicted octanol–water partition coefficient (Wildman–Crippen LogP) is 2.63. The van der Waals surface area contributed by atoms with Crippen molar-refractivity contribution < 1.29 is 9.59 Å². The van der Waals surface area contributed by atoms with Gasteiger partial charge in [0.05, 0.1) is 22.6 Å². The number of aromatic amines is 1. The smallest absolute Gasteiger partial charge is 0.277 e. The number of primary amides is 1. The zero-order chi connectivity index (χ0) is 23.2. The number of nitrogens with two attached hydrogens (primary N) is 1. The van der Waals surface area contributed by atoms with E-state index in [1.165, 1.54) is 16.0 Å². The highest BCUT2D eigenvalue weighted by molar-refractivity contribution is 7.17. The Hall–Kier alpha value is -3.64. The molecule has 0 radical (unpaired) electrons. The number of carbonyl (C=O) groups is 2. The second kappa shape index (κ2) is 8.13. The molecule has 0 saturated heterocycles. The van der Waals surface area contributed by atoms with Crippen LogP contribution in [0, 0.1) is 20.8 Å². The zero-order valence-corrected chi connectivity index (χ0v) is 19.3. The fraction of sp³-hybridized carbons (Fsp3) is 0.200. The number of H-pyrrole nitrogens is 1. The molecule has 0 unspecified atom stereocenters. The van der Waals surface area contributed by atoms with E-state index in [0.29, 0.717) is 37.5 Å². The number of nitrogens with zero attached hydrogens (tertiary/aromatic N) is 4. The number of carbonyl (C=O) groups excluding carboxylic acids is 2. The molecule has 2 amide bonds. The molecule has 10 nitrogen and oxygen atoms in total. The van der Waals surface area contributed by atoms with Gasteiger partial charge in [-0.1, -0.05) is 0 Å². The van der Waals surface area contributed by atoms with Gasteiger partial charge < -0.3 is 10.7 Å². The molecule has 0 atom stereocenters. The zero-order valence-electron chi connectivity index (χ0n) is 17.6. The molecule has 4 aromatic rings. The molecule has 4 aromatic heterocycles. The number of amides is 2. The maximum Gasteiger partial charge on any atom is 0.277 e. The van der Waals surface area contributed by atoms with Crippen molar-refractivity contribution in [3.05, 3.63) is 55.5 Å². The second-order valence-electron chi connectivity index (χ2n) is 7.11. The van der Waals surface area contributed by atoms with Gasteiger partial charge in [0.1, 0.15) is 15.6 Å². The normalized spacial score (nSPS) is 11.0. The Morgan fingerprint density at radius 1 is 1.19 bits per heavy atom. The van der Waals surface area contributed by atoms with E-state index in [4.69, 9.17) is 5.73 Å². The molecule has 0 spiro atoms. The average Bonchev–Trinajstić information content (AvgIpc) is 3.46. The summed E-state index contributed by atoms with van der Waals surface area (Å²) in [4.78, 5) is 48.8. The molecular weight excluding hydrogens is 450 g/mol. The number of thiazole rings is 2. The van der Waals surface area contributed by atoms with Crippen molar-refractivity contribution >= 4 is 39.6 Å². The van der Waals surface area contributed by atoms with E-state index >= 15 is 0 Å². The van der Waals surface area contributed by atoms with Crippen molar-refractivity contribution in [2.45, 2.75) is 20.8 Å². The summed E-state index contributed by atoms with van der Waals surface area (Å²) < 4.78 is 1.27. The van der Waals surface area contributed by atoms with E-state index in [0.717, 1.165) is 22.6 Å². The lowest BCUT2D eigenvalue weighted by molar-refractivity contribution is 0.0994. The quantitative estimate of drug-likeness (QED) is 0.409. The van der Waals surface area contributed by atoms with Gasteiger partial charge in [0, 0.05) is 24.2 Å². The Labute approximate surface area is 190 Å². The number of hydrogen-bond donors (Lipinski definition) is 3. The molecule has 0 aromatic carbocycles. The molecule has 0 saturated carbocycles. The third-order valence-electron chi connectivity index (χ3n) is 4.91. The lowest BCUT2D eigenvalue weighted by atomic mass is 10.1. The number of aromatic nitrogens is 5. The van der Waals surface area contributed by atoms with Crippen molar-refractivity contribution in [1.82, 2.24) is 24.7 Å². The molecular formula is C20H19N7O3S2. The van der Waals surface area contributed by atoms with Gasteiger partial charge in [-0.2, -0.15) is 5.10 Å². The van der Waals surface area contributed by atoms with Crippen molar-refractivity contribution in [1.29, 1.82) is 0 Å². The van der Waals surface area contributed by atoms with Gasteiger partial charge in [-0.25, -0.2) is 14.6 Å². The summed E-state index contributed by atoms with van der Waals surface area (Å²) >= 11 is 2.40. The summed E-state index contributed by atoms with van der Waals surface area (Å²) in [6.07, 6.45) is 1.62. The van der Waals surface area contributed by atoms with Gasteiger partial charge in [0.2, 0.25) is 0 Å².